The van der Waals surface area contributed by atoms with E-state index >= 15 is 0 Å². The number of amides is 1. The van der Waals surface area contributed by atoms with Crippen molar-refractivity contribution in [1.29, 1.82) is 0 Å². The van der Waals surface area contributed by atoms with Crippen LogP contribution in [0.5, 0.6) is 0 Å². The van der Waals surface area contributed by atoms with Crippen molar-refractivity contribution in [2.45, 2.75) is 43.0 Å². The van der Waals surface area contributed by atoms with Gasteiger partial charge in [-0.3, -0.25) is 4.79 Å². The largest absolute Gasteiger partial charge is 0.377 e. The van der Waals surface area contributed by atoms with Gasteiger partial charge >= 0.3 is 0 Å². The summed E-state index contributed by atoms with van der Waals surface area (Å²) in [6.45, 7) is 4.08. The van der Waals surface area contributed by atoms with Crippen LogP contribution in [0.25, 0.3) is 0 Å². The summed E-state index contributed by atoms with van der Waals surface area (Å²) in [5.74, 6) is 0.222. The van der Waals surface area contributed by atoms with Crippen molar-refractivity contribution >= 4 is 21.8 Å². The number of carbonyl (C=O) groups is 1. The first-order valence-corrected chi connectivity index (χ1v) is 6.61. The average Bonchev–Trinajstić information content (AvgIpc) is 2.67. The predicted molar refractivity (Wildman–Crippen MR) is 62.1 cm³/mol. The van der Waals surface area contributed by atoms with Crippen molar-refractivity contribution in [2.75, 3.05) is 19.8 Å². The molecule has 1 amide bonds. The Hall–Kier alpha value is -0.0900. The van der Waals surface area contributed by atoms with Gasteiger partial charge in [0.1, 0.15) is 0 Å². The third-order valence-electron chi connectivity index (χ3n) is 3.54. The first kappa shape index (κ1) is 11.4. The molecule has 0 aromatic rings. The summed E-state index contributed by atoms with van der Waals surface area (Å²) in [5, 5.41) is 0. The molecule has 1 heterocycles. The first-order chi connectivity index (χ1) is 7.16. The van der Waals surface area contributed by atoms with Gasteiger partial charge in [0.05, 0.1) is 23.6 Å². The van der Waals surface area contributed by atoms with Crippen molar-refractivity contribution in [1.82, 2.24) is 4.90 Å². The molecule has 1 spiro atoms. The van der Waals surface area contributed by atoms with Crippen LogP contribution in [0.3, 0.4) is 0 Å². The number of hydrogen-bond donors (Lipinski definition) is 0. The highest BCUT2D eigenvalue weighted by molar-refractivity contribution is 9.10. The molecule has 2 fully saturated rings. The van der Waals surface area contributed by atoms with Gasteiger partial charge in [0, 0.05) is 6.54 Å². The molecule has 0 bridgehead atoms. The Bertz CT molecular complexity index is 249. The number of halogens is 1. The lowest BCUT2D eigenvalue weighted by Crippen LogP contribution is -2.59. The van der Waals surface area contributed by atoms with E-state index in [1.54, 1.807) is 0 Å². The zero-order valence-electron chi connectivity index (χ0n) is 9.17. The molecule has 0 radical (unpaired) electrons. The van der Waals surface area contributed by atoms with Crippen LogP contribution < -0.4 is 0 Å². The fourth-order valence-electron chi connectivity index (χ4n) is 2.74. The minimum atomic E-state index is -0.0759. The molecule has 1 saturated heterocycles. The minimum Gasteiger partial charge on any atom is -0.377 e. The van der Waals surface area contributed by atoms with E-state index in [0.717, 1.165) is 26.0 Å². The highest BCUT2D eigenvalue weighted by atomic mass is 79.9. The third kappa shape index (κ3) is 2.07. The summed E-state index contributed by atoms with van der Waals surface area (Å²) < 4.78 is 5.56. The zero-order chi connectivity index (χ0) is 10.9. The molecular formula is C11H18BrNO2. The van der Waals surface area contributed by atoms with Gasteiger partial charge in [0.2, 0.25) is 5.91 Å². The molecular weight excluding hydrogens is 258 g/mol. The van der Waals surface area contributed by atoms with Crippen molar-refractivity contribution in [2.24, 2.45) is 0 Å². The van der Waals surface area contributed by atoms with Gasteiger partial charge in [-0.2, -0.15) is 0 Å². The molecule has 1 unspecified atom stereocenters. The minimum absolute atomic E-state index is 0.0252. The van der Waals surface area contributed by atoms with E-state index < -0.39 is 0 Å². The van der Waals surface area contributed by atoms with E-state index in [-0.39, 0.29) is 16.3 Å². The molecule has 2 aliphatic rings. The molecule has 0 aromatic carbocycles. The van der Waals surface area contributed by atoms with Crippen LogP contribution in [0, 0.1) is 0 Å². The van der Waals surface area contributed by atoms with Crippen LogP contribution in [-0.2, 0) is 9.53 Å². The summed E-state index contributed by atoms with van der Waals surface area (Å²) in [7, 11) is 0. The Labute approximate surface area is 99.3 Å². The summed E-state index contributed by atoms with van der Waals surface area (Å²) >= 11 is 3.37. The monoisotopic (exact) mass is 275 g/mol. The Morgan fingerprint density at radius 2 is 2.13 bits per heavy atom. The highest BCUT2D eigenvalue weighted by Gasteiger charge is 2.44. The molecule has 0 aromatic heterocycles. The van der Waals surface area contributed by atoms with E-state index in [1.165, 1.54) is 12.8 Å². The lowest BCUT2D eigenvalue weighted by molar-refractivity contribution is -0.147. The van der Waals surface area contributed by atoms with E-state index in [4.69, 9.17) is 4.74 Å². The molecule has 1 atom stereocenters. The van der Waals surface area contributed by atoms with Gasteiger partial charge < -0.3 is 9.64 Å². The summed E-state index contributed by atoms with van der Waals surface area (Å²) in [4.78, 5) is 14.1. The van der Waals surface area contributed by atoms with Gasteiger partial charge in [0.15, 0.2) is 0 Å². The number of morpholine rings is 1. The van der Waals surface area contributed by atoms with Gasteiger partial charge in [-0.25, -0.2) is 0 Å². The maximum atomic E-state index is 12.1. The highest BCUT2D eigenvalue weighted by Crippen LogP contribution is 2.37. The fourth-order valence-corrected chi connectivity index (χ4v) is 2.99. The normalized spacial score (nSPS) is 26.9. The quantitative estimate of drug-likeness (QED) is 0.685. The molecule has 4 heteroatoms. The van der Waals surface area contributed by atoms with Crippen molar-refractivity contribution in [3.05, 3.63) is 0 Å². The third-order valence-corrected chi connectivity index (χ3v) is 3.93. The lowest BCUT2D eigenvalue weighted by atomic mass is 9.94. The van der Waals surface area contributed by atoms with Gasteiger partial charge in [-0.1, -0.05) is 28.8 Å². The standard InChI is InChI=1S/C11H18BrNO2/c1-9(12)10(14)13-6-7-15-8-11(13)4-2-3-5-11/h9H,2-8H2,1H3. The van der Waals surface area contributed by atoms with Crippen LogP contribution in [-0.4, -0.2) is 40.9 Å². The van der Waals surface area contributed by atoms with E-state index in [2.05, 4.69) is 20.8 Å². The lowest BCUT2D eigenvalue weighted by Gasteiger charge is -2.45. The van der Waals surface area contributed by atoms with Crippen molar-refractivity contribution in [3.63, 3.8) is 0 Å². The van der Waals surface area contributed by atoms with Crippen molar-refractivity contribution < 1.29 is 9.53 Å². The van der Waals surface area contributed by atoms with Gasteiger partial charge in [-0.15, -0.1) is 0 Å². The summed E-state index contributed by atoms with van der Waals surface area (Å²) in [5.41, 5.74) is 0.0252. The Morgan fingerprint density at radius 1 is 1.47 bits per heavy atom. The zero-order valence-corrected chi connectivity index (χ0v) is 10.8. The maximum Gasteiger partial charge on any atom is 0.236 e. The molecule has 1 aliphatic carbocycles. The van der Waals surface area contributed by atoms with E-state index in [1.807, 2.05) is 6.92 Å². The number of hydrogen-bond acceptors (Lipinski definition) is 2. The first-order valence-electron chi connectivity index (χ1n) is 5.69. The van der Waals surface area contributed by atoms with Crippen LogP contribution in [0.1, 0.15) is 32.6 Å². The van der Waals surface area contributed by atoms with Crippen molar-refractivity contribution in [3.8, 4) is 0 Å². The number of ether oxygens (including phenoxy) is 1. The second kappa shape index (κ2) is 4.42. The molecule has 3 nitrogen and oxygen atoms in total. The fraction of sp³-hybridized carbons (Fsp3) is 0.909. The molecule has 86 valence electrons. The second-order valence-corrected chi connectivity index (χ2v) is 5.96. The molecule has 15 heavy (non-hydrogen) atoms. The number of alkyl halides is 1. The Balaban J connectivity index is 2.15. The SMILES string of the molecule is CC(Br)C(=O)N1CCOCC12CCCC2. The second-order valence-electron chi connectivity index (χ2n) is 4.59. The van der Waals surface area contributed by atoms with Crippen LogP contribution >= 0.6 is 15.9 Å². The number of nitrogens with zero attached hydrogens (tertiary/aromatic N) is 1. The Kier molecular flexibility index (Phi) is 3.36. The van der Waals surface area contributed by atoms with Gasteiger partial charge in [0.25, 0.3) is 0 Å². The van der Waals surface area contributed by atoms with E-state index in [0.29, 0.717) is 6.61 Å². The smallest absolute Gasteiger partial charge is 0.236 e. The summed E-state index contributed by atoms with van der Waals surface area (Å²) in [6.07, 6.45) is 4.67. The van der Waals surface area contributed by atoms with Crippen LogP contribution in [0.2, 0.25) is 0 Å². The average molecular weight is 276 g/mol. The number of rotatable bonds is 1. The maximum absolute atomic E-state index is 12.1. The van der Waals surface area contributed by atoms with Crippen LogP contribution in [0.4, 0.5) is 0 Å². The molecule has 1 aliphatic heterocycles. The Morgan fingerprint density at radius 3 is 2.73 bits per heavy atom. The molecule has 0 N–H and O–H groups in total. The summed E-state index contributed by atoms with van der Waals surface area (Å²) in [6, 6.07) is 0. The van der Waals surface area contributed by atoms with Gasteiger partial charge in [-0.05, 0) is 19.8 Å². The number of carbonyl (C=O) groups excluding carboxylic acids is 1. The van der Waals surface area contributed by atoms with E-state index in [9.17, 15) is 4.79 Å². The molecule has 1 saturated carbocycles. The van der Waals surface area contributed by atoms with Crippen LogP contribution in [0.15, 0.2) is 0 Å². The molecule has 2 rings (SSSR count). The predicted octanol–water partition coefficient (Wildman–Crippen LogP) is 1.94. The topological polar surface area (TPSA) is 29.5 Å².